The number of likely N-dealkylation sites (N-methyl/N-ethyl adjacent to an activating group) is 1. The molecule has 1 saturated heterocycles. The van der Waals surface area contributed by atoms with E-state index in [2.05, 4.69) is 24.1 Å². The van der Waals surface area contributed by atoms with E-state index in [0.29, 0.717) is 19.1 Å². The van der Waals surface area contributed by atoms with E-state index in [1.54, 1.807) is 7.11 Å². The third-order valence-electron chi connectivity index (χ3n) is 6.77. The molecule has 0 aromatic heterocycles. The summed E-state index contributed by atoms with van der Waals surface area (Å²) >= 11 is 0. The van der Waals surface area contributed by atoms with Crippen LogP contribution in [0.1, 0.15) is 30.4 Å². The zero-order chi connectivity index (χ0) is 17.6. The van der Waals surface area contributed by atoms with E-state index in [1.807, 2.05) is 6.07 Å². The first kappa shape index (κ1) is 17.3. The lowest BCUT2D eigenvalue weighted by Crippen LogP contribution is -2.65. The first-order valence-corrected chi connectivity index (χ1v) is 9.37. The van der Waals surface area contributed by atoms with Crippen molar-refractivity contribution in [2.24, 2.45) is 5.92 Å². The topological polar surface area (TPSA) is 62.2 Å². The number of benzene rings is 1. The molecule has 1 aromatic carbocycles. The maximum absolute atomic E-state index is 11.0. The zero-order valence-corrected chi connectivity index (χ0v) is 15.1. The summed E-state index contributed by atoms with van der Waals surface area (Å²) in [7, 11) is 3.89. The molecule has 1 heterocycles. The van der Waals surface area contributed by atoms with Crippen LogP contribution in [0.15, 0.2) is 18.2 Å². The Balaban J connectivity index is 1.79. The minimum absolute atomic E-state index is 0.000364. The molecule has 0 amide bonds. The van der Waals surface area contributed by atoms with Gasteiger partial charge in [0.1, 0.15) is 5.75 Å². The van der Waals surface area contributed by atoms with Crippen LogP contribution < -0.4 is 4.74 Å². The molecule has 25 heavy (non-hydrogen) atoms. The van der Waals surface area contributed by atoms with E-state index in [0.717, 1.165) is 31.6 Å². The first-order valence-electron chi connectivity index (χ1n) is 9.37. The Bertz CT molecular complexity index is 636. The molecular formula is C20H29NO4. The number of aliphatic hydroxyl groups excluding tert-OH is 2. The molecule has 0 radical (unpaired) electrons. The van der Waals surface area contributed by atoms with Gasteiger partial charge in [0, 0.05) is 17.4 Å². The lowest BCUT2D eigenvalue weighted by atomic mass is 9.51. The lowest BCUT2D eigenvalue weighted by Gasteiger charge is -2.60. The highest BCUT2D eigenvalue weighted by molar-refractivity contribution is 5.46. The largest absolute Gasteiger partial charge is 0.497 e. The lowest BCUT2D eigenvalue weighted by molar-refractivity contribution is -0.127. The van der Waals surface area contributed by atoms with E-state index in [4.69, 9.17) is 14.6 Å². The molecule has 5 atom stereocenters. The van der Waals surface area contributed by atoms with Crippen molar-refractivity contribution in [3.8, 4) is 5.75 Å². The van der Waals surface area contributed by atoms with Gasteiger partial charge in [0.25, 0.3) is 0 Å². The smallest absolute Gasteiger partial charge is 0.119 e. The van der Waals surface area contributed by atoms with Gasteiger partial charge in [0.15, 0.2) is 0 Å². The van der Waals surface area contributed by atoms with Crippen molar-refractivity contribution in [3.63, 3.8) is 0 Å². The van der Waals surface area contributed by atoms with Gasteiger partial charge in [-0.2, -0.15) is 0 Å². The van der Waals surface area contributed by atoms with E-state index in [-0.39, 0.29) is 30.1 Å². The highest BCUT2D eigenvalue weighted by atomic mass is 16.5. The van der Waals surface area contributed by atoms with Crippen molar-refractivity contribution in [1.29, 1.82) is 0 Å². The van der Waals surface area contributed by atoms with Gasteiger partial charge in [-0.15, -0.1) is 0 Å². The fourth-order valence-electron chi connectivity index (χ4n) is 5.72. The number of hydrogen-bond acceptors (Lipinski definition) is 5. The number of nitrogens with zero attached hydrogens (tertiary/aromatic N) is 1. The summed E-state index contributed by atoms with van der Waals surface area (Å²) in [5, 5.41) is 20.2. The molecule has 1 saturated carbocycles. The number of ether oxygens (including phenoxy) is 2. The molecule has 1 aromatic rings. The maximum Gasteiger partial charge on any atom is 0.119 e. The molecule has 5 nitrogen and oxygen atoms in total. The van der Waals surface area contributed by atoms with Crippen LogP contribution in [0.5, 0.6) is 5.75 Å². The molecule has 2 fully saturated rings. The number of methoxy groups -OCH3 is 1. The minimum Gasteiger partial charge on any atom is -0.497 e. The number of rotatable bonds is 4. The van der Waals surface area contributed by atoms with Crippen molar-refractivity contribution >= 4 is 0 Å². The Morgan fingerprint density at radius 3 is 2.96 bits per heavy atom. The summed E-state index contributed by atoms with van der Waals surface area (Å²) in [5.74, 6) is 1.12. The van der Waals surface area contributed by atoms with E-state index >= 15 is 0 Å². The Hall–Kier alpha value is -1.14. The average Bonchev–Trinajstić information content (AvgIpc) is 2.62. The summed E-state index contributed by atoms with van der Waals surface area (Å²) in [6.45, 7) is 1.41. The van der Waals surface area contributed by atoms with Gasteiger partial charge in [-0.25, -0.2) is 0 Å². The summed E-state index contributed by atoms with van der Waals surface area (Å²) in [6.07, 6.45) is 3.22. The van der Waals surface area contributed by atoms with Crippen LogP contribution in [-0.2, 0) is 16.6 Å². The van der Waals surface area contributed by atoms with Crippen LogP contribution in [0.3, 0.4) is 0 Å². The van der Waals surface area contributed by atoms with Gasteiger partial charge in [0.2, 0.25) is 0 Å². The maximum atomic E-state index is 11.0. The zero-order valence-electron chi connectivity index (χ0n) is 15.1. The van der Waals surface area contributed by atoms with E-state index < -0.39 is 0 Å². The second kappa shape index (κ2) is 6.54. The SMILES string of the molecule is COc1ccc2c(c1)[C@]13CCN(C)[C@H](C2)C1[C@H](O)C[C@H](OCCO)C3. The Morgan fingerprint density at radius 1 is 1.36 bits per heavy atom. The standard InChI is InChI=1S/C20H29NO4/c1-21-6-5-20-12-15(25-8-7-22)11-18(23)19(20)17(21)9-13-3-4-14(24-2)10-16(13)20/h3-4,10,15,17-19,22-23H,5-9,11-12H2,1-2H3/t15-,17+,18+,19?,20+/m0/s1. The first-order chi connectivity index (χ1) is 12.1. The molecule has 2 aliphatic carbocycles. The highest BCUT2D eigenvalue weighted by Crippen LogP contribution is 2.56. The van der Waals surface area contributed by atoms with Gasteiger partial charge >= 0.3 is 0 Å². The predicted molar refractivity (Wildman–Crippen MR) is 95.0 cm³/mol. The Labute approximate surface area is 149 Å². The number of aliphatic hydroxyl groups is 2. The summed E-state index contributed by atoms with van der Waals surface area (Å²) < 4.78 is 11.4. The summed E-state index contributed by atoms with van der Waals surface area (Å²) in [6, 6.07) is 6.81. The molecular weight excluding hydrogens is 318 g/mol. The highest BCUT2D eigenvalue weighted by Gasteiger charge is 2.58. The fraction of sp³-hybridized carbons (Fsp3) is 0.700. The van der Waals surface area contributed by atoms with E-state index in [9.17, 15) is 5.11 Å². The summed E-state index contributed by atoms with van der Waals surface area (Å²) in [4.78, 5) is 2.42. The van der Waals surface area contributed by atoms with Gasteiger partial charge < -0.3 is 24.6 Å². The number of likely N-dealkylation sites (tertiary alicyclic amines) is 1. The van der Waals surface area contributed by atoms with Gasteiger partial charge in [-0.3, -0.25) is 0 Å². The molecule has 1 unspecified atom stereocenters. The number of hydrogen-bond donors (Lipinski definition) is 2. The van der Waals surface area contributed by atoms with Crippen LogP contribution in [-0.4, -0.2) is 67.3 Å². The van der Waals surface area contributed by atoms with Gasteiger partial charge in [0.05, 0.1) is 32.5 Å². The molecule has 3 aliphatic rings. The predicted octanol–water partition coefficient (Wildman–Crippen LogP) is 1.34. The van der Waals surface area contributed by atoms with E-state index in [1.165, 1.54) is 11.1 Å². The van der Waals surface area contributed by atoms with Crippen molar-refractivity contribution < 1.29 is 19.7 Å². The molecule has 0 spiro atoms. The number of fused-ring (bicyclic) bond motifs is 1. The fourth-order valence-corrected chi connectivity index (χ4v) is 5.72. The second-order valence-corrected chi connectivity index (χ2v) is 7.93. The molecule has 4 rings (SSSR count). The monoisotopic (exact) mass is 347 g/mol. The van der Waals surface area contributed by atoms with Crippen LogP contribution in [0.2, 0.25) is 0 Å². The van der Waals surface area contributed by atoms with Crippen molar-refractivity contribution in [3.05, 3.63) is 29.3 Å². The third kappa shape index (κ3) is 2.69. The van der Waals surface area contributed by atoms with Crippen molar-refractivity contribution in [2.75, 3.05) is 33.9 Å². The molecule has 1 aliphatic heterocycles. The minimum atomic E-state index is -0.371. The van der Waals surface area contributed by atoms with Crippen molar-refractivity contribution in [2.45, 2.75) is 49.3 Å². The van der Waals surface area contributed by atoms with Crippen LogP contribution in [0.25, 0.3) is 0 Å². The molecule has 138 valence electrons. The second-order valence-electron chi connectivity index (χ2n) is 7.93. The van der Waals surface area contributed by atoms with Crippen molar-refractivity contribution in [1.82, 2.24) is 4.90 Å². The molecule has 5 heteroatoms. The van der Waals surface area contributed by atoms with Crippen LogP contribution in [0.4, 0.5) is 0 Å². The van der Waals surface area contributed by atoms with Crippen LogP contribution in [0, 0.1) is 5.92 Å². The molecule has 2 bridgehead atoms. The summed E-state index contributed by atoms with van der Waals surface area (Å²) in [5.41, 5.74) is 2.66. The average molecular weight is 347 g/mol. The Morgan fingerprint density at radius 2 is 2.20 bits per heavy atom. The molecule has 2 N–H and O–H groups in total. The quantitative estimate of drug-likeness (QED) is 0.861. The van der Waals surface area contributed by atoms with Crippen LogP contribution >= 0.6 is 0 Å². The van der Waals surface area contributed by atoms with Gasteiger partial charge in [-0.1, -0.05) is 6.07 Å². The number of piperidine rings is 1. The van der Waals surface area contributed by atoms with Gasteiger partial charge in [-0.05, 0) is 62.5 Å². The normalized spacial score (nSPS) is 37.3. The third-order valence-corrected chi connectivity index (χ3v) is 6.77. The Kier molecular flexibility index (Phi) is 4.52.